The minimum absolute atomic E-state index is 0.165. The largest absolute Gasteiger partial charge is 0.375 e. The molecule has 0 aromatic heterocycles. The van der Waals surface area contributed by atoms with Gasteiger partial charge < -0.3 is 15.4 Å². The van der Waals surface area contributed by atoms with Crippen molar-refractivity contribution in [1.82, 2.24) is 10.6 Å². The monoisotopic (exact) mass is 286 g/mol. The highest BCUT2D eigenvalue weighted by molar-refractivity contribution is 5.27. The second-order valence-corrected chi connectivity index (χ2v) is 7.00. The molecule has 0 bridgehead atoms. The summed E-state index contributed by atoms with van der Waals surface area (Å²) in [5.74, 6) is 0.734. The van der Waals surface area contributed by atoms with E-state index in [1.54, 1.807) is 0 Å². The topological polar surface area (TPSA) is 33.3 Å². The molecule has 4 rings (SSSR count). The van der Waals surface area contributed by atoms with Crippen LogP contribution in [0.5, 0.6) is 0 Å². The summed E-state index contributed by atoms with van der Waals surface area (Å²) >= 11 is 0. The van der Waals surface area contributed by atoms with Crippen LogP contribution in [0.4, 0.5) is 0 Å². The smallest absolute Gasteiger partial charge is 0.0721 e. The molecular weight excluding hydrogens is 260 g/mol. The van der Waals surface area contributed by atoms with Gasteiger partial charge in [0.15, 0.2) is 0 Å². The summed E-state index contributed by atoms with van der Waals surface area (Å²) < 4.78 is 6.17. The van der Waals surface area contributed by atoms with Gasteiger partial charge in [0.1, 0.15) is 0 Å². The van der Waals surface area contributed by atoms with Gasteiger partial charge in [-0.2, -0.15) is 0 Å². The van der Waals surface area contributed by atoms with Gasteiger partial charge in [0.25, 0.3) is 0 Å². The highest BCUT2D eigenvalue weighted by Gasteiger charge is 2.43. The van der Waals surface area contributed by atoms with Gasteiger partial charge in [0.2, 0.25) is 0 Å². The number of rotatable bonds is 3. The number of nitrogens with one attached hydrogen (secondary N) is 2. The summed E-state index contributed by atoms with van der Waals surface area (Å²) in [6.07, 6.45) is 6.03. The third-order valence-electron chi connectivity index (χ3n) is 5.48. The van der Waals surface area contributed by atoms with E-state index >= 15 is 0 Å². The van der Waals surface area contributed by atoms with Crippen molar-refractivity contribution in [3.05, 3.63) is 35.9 Å². The van der Waals surface area contributed by atoms with Crippen LogP contribution in [0.3, 0.4) is 0 Å². The molecule has 1 aromatic carbocycles. The summed E-state index contributed by atoms with van der Waals surface area (Å²) in [7, 11) is 0. The summed E-state index contributed by atoms with van der Waals surface area (Å²) in [6.45, 7) is 3.16. The lowest BCUT2D eigenvalue weighted by Gasteiger charge is -2.44. The summed E-state index contributed by atoms with van der Waals surface area (Å²) in [5.41, 5.74) is 1.66. The Morgan fingerprint density at radius 1 is 1.14 bits per heavy atom. The molecule has 0 radical (unpaired) electrons. The first-order valence-electron chi connectivity index (χ1n) is 8.50. The van der Waals surface area contributed by atoms with Crippen molar-refractivity contribution in [2.45, 2.75) is 55.7 Å². The maximum Gasteiger partial charge on any atom is 0.0721 e. The fraction of sp³-hybridized carbons (Fsp3) is 0.667. The summed E-state index contributed by atoms with van der Waals surface area (Å²) in [6, 6.07) is 12.3. The molecule has 1 aliphatic carbocycles. The summed E-state index contributed by atoms with van der Waals surface area (Å²) in [5, 5.41) is 7.36. The fourth-order valence-corrected chi connectivity index (χ4v) is 4.15. The highest BCUT2D eigenvalue weighted by atomic mass is 16.5. The van der Waals surface area contributed by atoms with Crippen molar-refractivity contribution in [3.63, 3.8) is 0 Å². The molecular formula is C18H26N2O. The molecule has 2 aliphatic heterocycles. The highest BCUT2D eigenvalue weighted by Crippen LogP contribution is 2.42. The second-order valence-electron chi connectivity index (χ2n) is 7.00. The number of piperidine rings is 1. The van der Waals surface area contributed by atoms with Crippen LogP contribution in [0.25, 0.3) is 0 Å². The quantitative estimate of drug-likeness (QED) is 0.895. The molecule has 1 saturated carbocycles. The standard InChI is InChI=1S/C18H26N2O/c1-2-4-14(5-3-1)16-12-17(16)20-15-6-11-21-18(13-15)7-9-19-10-8-18/h1-5,15-17,19-20H,6-13H2. The van der Waals surface area contributed by atoms with Crippen molar-refractivity contribution in [3.8, 4) is 0 Å². The molecule has 21 heavy (non-hydrogen) atoms. The first-order chi connectivity index (χ1) is 10.3. The number of hydrogen-bond acceptors (Lipinski definition) is 3. The molecule has 114 valence electrons. The Morgan fingerprint density at radius 2 is 1.95 bits per heavy atom. The normalized spacial score (nSPS) is 34.8. The lowest BCUT2D eigenvalue weighted by atomic mass is 9.83. The Hall–Kier alpha value is -0.900. The van der Waals surface area contributed by atoms with Crippen LogP contribution >= 0.6 is 0 Å². The van der Waals surface area contributed by atoms with Gasteiger partial charge in [-0.15, -0.1) is 0 Å². The fourth-order valence-electron chi connectivity index (χ4n) is 4.15. The van der Waals surface area contributed by atoms with E-state index in [9.17, 15) is 0 Å². The van der Waals surface area contributed by atoms with Crippen LogP contribution in [0.2, 0.25) is 0 Å². The molecule has 2 N–H and O–H groups in total. The molecule has 3 unspecified atom stereocenters. The lowest BCUT2D eigenvalue weighted by molar-refractivity contribution is -0.105. The first kappa shape index (κ1) is 13.7. The van der Waals surface area contributed by atoms with Gasteiger partial charge in [-0.25, -0.2) is 0 Å². The average Bonchev–Trinajstić information content (AvgIpc) is 3.28. The number of ether oxygens (including phenoxy) is 1. The third-order valence-corrected chi connectivity index (χ3v) is 5.48. The van der Waals surface area contributed by atoms with Crippen molar-refractivity contribution < 1.29 is 4.74 Å². The third kappa shape index (κ3) is 3.01. The molecule has 3 fully saturated rings. The SMILES string of the molecule is c1ccc(C2CC2NC2CCOC3(CCNCC3)C2)cc1. The minimum Gasteiger partial charge on any atom is -0.375 e. The predicted molar refractivity (Wildman–Crippen MR) is 84.5 cm³/mol. The van der Waals surface area contributed by atoms with Crippen molar-refractivity contribution >= 4 is 0 Å². The predicted octanol–water partition coefficient (Wildman–Crippen LogP) is 2.43. The second kappa shape index (κ2) is 5.71. The summed E-state index contributed by atoms with van der Waals surface area (Å²) in [4.78, 5) is 0. The molecule has 0 amide bonds. The molecule has 1 aromatic rings. The Kier molecular flexibility index (Phi) is 3.74. The van der Waals surface area contributed by atoms with Crippen LogP contribution in [-0.4, -0.2) is 37.4 Å². The first-order valence-corrected chi connectivity index (χ1v) is 8.50. The van der Waals surface area contributed by atoms with E-state index in [1.807, 2.05) is 0 Å². The molecule has 2 heterocycles. The maximum absolute atomic E-state index is 6.17. The van der Waals surface area contributed by atoms with Crippen LogP contribution in [0, 0.1) is 0 Å². The van der Waals surface area contributed by atoms with E-state index in [1.165, 1.54) is 37.7 Å². The van der Waals surface area contributed by atoms with E-state index in [4.69, 9.17) is 4.74 Å². The van der Waals surface area contributed by atoms with Gasteiger partial charge in [-0.3, -0.25) is 0 Å². The van der Waals surface area contributed by atoms with Crippen molar-refractivity contribution in [2.75, 3.05) is 19.7 Å². The Bertz CT molecular complexity index is 464. The molecule has 3 atom stereocenters. The Labute approximate surface area is 127 Å². The maximum atomic E-state index is 6.17. The van der Waals surface area contributed by atoms with E-state index in [-0.39, 0.29) is 5.60 Å². The Morgan fingerprint density at radius 3 is 2.76 bits per heavy atom. The van der Waals surface area contributed by atoms with Crippen molar-refractivity contribution in [1.29, 1.82) is 0 Å². The van der Waals surface area contributed by atoms with Crippen LogP contribution < -0.4 is 10.6 Å². The van der Waals surface area contributed by atoms with E-state index in [2.05, 4.69) is 41.0 Å². The average molecular weight is 286 g/mol. The lowest BCUT2D eigenvalue weighted by Crippen LogP contribution is -2.52. The van der Waals surface area contributed by atoms with Gasteiger partial charge >= 0.3 is 0 Å². The molecule has 1 spiro atoms. The molecule has 2 saturated heterocycles. The Balaban J connectivity index is 1.33. The molecule has 3 aliphatic rings. The molecule has 3 heteroatoms. The van der Waals surface area contributed by atoms with Gasteiger partial charge in [-0.1, -0.05) is 30.3 Å². The van der Waals surface area contributed by atoms with Crippen LogP contribution in [-0.2, 0) is 4.74 Å². The zero-order valence-corrected chi connectivity index (χ0v) is 12.7. The minimum atomic E-state index is 0.165. The van der Waals surface area contributed by atoms with E-state index in [0.717, 1.165) is 25.6 Å². The molecule has 3 nitrogen and oxygen atoms in total. The van der Waals surface area contributed by atoms with E-state index in [0.29, 0.717) is 12.1 Å². The number of benzene rings is 1. The van der Waals surface area contributed by atoms with Gasteiger partial charge in [-0.05, 0) is 50.8 Å². The van der Waals surface area contributed by atoms with E-state index < -0.39 is 0 Å². The van der Waals surface area contributed by atoms with Crippen LogP contribution in [0.1, 0.15) is 43.6 Å². The zero-order chi connectivity index (χ0) is 14.1. The van der Waals surface area contributed by atoms with Gasteiger partial charge in [0, 0.05) is 24.6 Å². The zero-order valence-electron chi connectivity index (χ0n) is 12.7. The van der Waals surface area contributed by atoms with Crippen molar-refractivity contribution in [2.24, 2.45) is 0 Å². The van der Waals surface area contributed by atoms with Gasteiger partial charge in [0.05, 0.1) is 5.60 Å². The van der Waals surface area contributed by atoms with Crippen LogP contribution in [0.15, 0.2) is 30.3 Å². The number of hydrogen-bond donors (Lipinski definition) is 2.